The summed E-state index contributed by atoms with van der Waals surface area (Å²) in [5, 5.41) is 2.73. The molecule has 1 N–H and O–H groups in total. The van der Waals surface area contributed by atoms with Crippen molar-refractivity contribution in [2.24, 2.45) is 0 Å². The summed E-state index contributed by atoms with van der Waals surface area (Å²) in [4.78, 5) is 11.8. The first-order valence-corrected chi connectivity index (χ1v) is 7.68. The number of amides is 1. The van der Waals surface area contributed by atoms with Crippen LogP contribution in [-0.4, -0.2) is 38.0 Å². The Bertz CT molecular complexity index is 567. The molecule has 1 rings (SSSR count). The third kappa shape index (κ3) is 4.33. The first kappa shape index (κ1) is 15.7. The summed E-state index contributed by atoms with van der Waals surface area (Å²) in [6, 6.07) is 5.73. The van der Waals surface area contributed by atoms with Gasteiger partial charge in [-0.15, -0.1) is 0 Å². The summed E-state index contributed by atoms with van der Waals surface area (Å²) in [6.45, 7) is 5.20. The molecule has 0 spiro atoms. The maximum atomic E-state index is 11.8. The molecule has 0 fully saturated rings. The van der Waals surface area contributed by atoms with Crippen molar-refractivity contribution in [3.63, 3.8) is 0 Å². The van der Waals surface area contributed by atoms with E-state index in [1.54, 1.807) is 6.92 Å². The third-order valence-electron chi connectivity index (χ3n) is 2.87. The number of benzene rings is 1. The normalized spacial score (nSPS) is 11.6. The molecule has 0 aliphatic rings. The number of likely N-dealkylation sites (N-methyl/N-ethyl adjacent to an activating group) is 1. The molecule has 0 aromatic heterocycles. The van der Waals surface area contributed by atoms with Gasteiger partial charge in [0.1, 0.15) is 0 Å². The molecule has 1 amide bonds. The highest BCUT2D eigenvalue weighted by molar-refractivity contribution is 7.89. The van der Waals surface area contributed by atoms with E-state index in [-0.39, 0.29) is 18.2 Å². The van der Waals surface area contributed by atoms with Gasteiger partial charge >= 0.3 is 0 Å². The van der Waals surface area contributed by atoms with Gasteiger partial charge in [-0.2, -0.15) is 4.31 Å². The molecule has 0 saturated heterocycles. The Morgan fingerprint density at radius 2 is 1.95 bits per heavy atom. The van der Waals surface area contributed by atoms with E-state index in [0.717, 1.165) is 15.4 Å². The summed E-state index contributed by atoms with van der Waals surface area (Å²) in [5.74, 6) is -0.353. The molecule has 0 aliphatic carbocycles. The van der Waals surface area contributed by atoms with Crippen LogP contribution in [0.4, 0.5) is 5.69 Å². The molecule has 5 nitrogen and oxygen atoms in total. The molecule has 1 aromatic rings. The highest BCUT2D eigenvalue weighted by Gasteiger charge is 2.18. The Hall–Kier alpha value is -1.40. The number of hydrogen-bond acceptors (Lipinski definition) is 3. The molecular formula is C13H20N2O3S. The molecule has 106 valence electrons. The van der Waals surface area contributed by atoms with Crippen LogP contribution in [0.25, 0.3) is 0 Å². The highest BCUT2D eigenvalue weighted by atomic mass is 32.2. The monoisotopic (exact) mass is 284 g/mol. The molecule has 6 heteroatoms. The fourth-order valence-electron chi connectivity index (χ4n) is 1.58. The second-order valence-electron chi connectivity index (χ2n) is 4.52. The maximum Gasteiger partial charge on any atom is 0.239 e. The SMILES string of the molecule is CCS(=O)(=O)N(C)CC(=O)Nc1cc(C)ccc1C. The molecule has 0 aliphatic heterocycles. The Balaban J connectivity index is 2.73. The summed E-state index contributed by atoms with van der Waals surface area (Å²) in [5.41, 5.74) is 2.70. The van der Waals surface area contributed by atoms with Crippen LogP contribution in [0, 0.1) is 13.8 Å². The van der Waals surface area contributed by atoms with Crippen molar-refractivity contribution >= 4 is 21.6 Å². The van der Waals surface area contributed by atoms with Gasteiger partial charge < -0.3 is 5.32 Å². The van der Waals surface area contributed by atoms with Crippen molar-refractivity contribution < 1.29 is 13.2 Å². The number of nitrogens with zero attached hydrogens (tertiary/aromatic N) is 1. The Morgan fingerprint density at radius 3 is 2.53 bits per heavy atom. The smallest absolute Gasteiger partial charge is 0.239 e. The number of carbonyl (C=O) groups is 1. The van der Waals surface area contributed by atoms with Crippen molar-refractivity contribution in [1.29, 1.82) is 0 Å². The van der Waals surface area contributed by atoms with E-state index < -0.39 is 10.0 Å². The number of carbonyl (C=O) groups excluding carboxylic acids is 1. The lowest BCUT2D eigenvalue weighted by atomic mass is 10.1. The number of nitrogens with one attached hydrogen (secondary N) is 1. The molecule has 0 radical (unpaired) electrons. The van der Waals surface area contributed by atoms with Crippen molar-refractivity contribution in [2.45, 2.75) is 20.8 Å². The largest absolute Gasteiger partial charge is 0.325 e. The number of aryl methyl sites for hydroxylation is 2. The third-order valence-corrected chi connectivity index (χ3v) is 4.68. The quantitative estimate of drug-likeness (QED) is 0.891. The zero-order valence-electron chi connectivity index (χ0n) is 11.7. The molecular weight excluding hydrogens is 264 g/mol. The highest BCUT2D eigenvalue weighted by Crippen LogP contribution is 2.16. The second-order valence-corrected chi connectivity index (χ2v) is 6.89. The number of anilines is 1. The minimum Gasteiger partial charge on any atom is -0.325 e. The molecule has 1 aromatic carbocycles. The van der Waals surface area contributed by atoms with Gasteiger partial charge in [0.2, 0.25) is 15.9 Å². The van der Waals surface area contributed by atoms with Gasteiger partial charge in [0.25, 0.3) is 0 Å². The fourth-order valence-corrected chi connectivity index (χ4v) is 2.34. The van der Waals surface area contributed by atoms with Gasteiger partial charge in [0.15, 0.2) is 0 Å². The van der Waals surface area contributed by atoms with Crippen molar-refractivity contribution in [3.05, 3.63) is 29.3 Å². The predicted molar refractivity (Wildman–Crippen MR) is 76.6 cm³/mol. The van der Waals surface area contributed by atoms with Gasteiger partial charge in [-0.05, 0) is 38.0 Å². The molecule has 0 atom stereocenters. The average molecular weight is 284 g/mol. The van der Waals surface area contributed by atoms with Gasteiger partial charge in [0.05, 0.1) is 12.3 Å². The number of hydrogen-bond donors (Lipinski definition) is 1. The van der Waals surface area contributed by atoms with Crippen LogP contribution in [0.5, 0.6) is 0 Å². The fraction of sp³-hybridized carbons (Fsp3) is 0.462. The Morgan fingerprint density at radius 1 is 1.32 bits per heavy atom. The lowest BCUT2D eigenvalue weighted by molar-refractivity contribution is -0.116. The molecule has 0 unspecified atom stereocenters. The zero-order chi connectivity index (χ0) is 14.6. The van der Waals surface area contributed by atoms with E-state index in [1.165, 1.54) is 7.05 Å². The molecule has 19 heavy (non-hydrogen) atoms. The summed E-state index contributed by atoms with van der Waals surface area (Å²) < 4.78 is 24.2. The van der Waals surface area contributed by atoms with Gasteiger partial charge in [-0.25, -0.2) is 8.42 Å². The van der Waals surface area contributed by atoms with E-state index in [1.807, 2.05) is 32.0 Å². The zero-order valence-corrected chi connectivity index (χ0v) is 12.5. The minimum absolute atomic E-state index is 0.0136. The Labute approximate surface area is 114 Å². The number of rotatable bonds is 5. The molecule has 0 heterocycles. The van der Waals surface area contributed by atoms with Crippen LogP contribution in [0.1, 0.15) is 18.1 Å². The summed E-state index contributed by atoms with van der Waals surface area (Å²) >= 11 is 0. The molecule has 0 bridgehead atoms. The predicted octanol–water partition coefficient (Wildman–Crippen LogP) is 1.52. The first-order chi connectivity index (χ1) is 8.76. The summed E-state index contributed by atoms with van der Waals surface area (Å²) in [7, 11) is -1.93. The first-order valence-electron chi connectivity index (χ1n) is 6.07. The lowest BCUT2D eigenvalue weighted by Gasteiger charge is -2.16. The van der Waals surface area contributed by atoms with Crippen LogP contribution in [0.3, 0.4) is 0 Å². The van der Waals surface area contributed by atoms with Gasteiger partial charge in [-0.3, -0.25) is 4.79 Å². The standard InChI is InChI=1S/C13H20N2O3S/c1-5-19(17,18)15(4)9-13(16)14-12-8-10(2)6-7-11(12)3/h6-8H,5,9H2,1-4H3,(H,14,16). The lowest BCUT2D eigenvalue weighted by Crippen LogP contribution is -2.35. The summed E-state index contributed by atoms with van der Waals surface area (Å²) in [6.07, 6.45) is 0. The molecule has 0 saturated carbocycles. The van der Waals surface area contributed by atoms with Crippen LogP contribution >= 0.6 is 0 Å². The van der Waals surface area contributed by atoms with Crippen LogP contribution in [0.15, 0.2) is 18.2 Å². The van der Waals surface area contributed by atoms with Crippen molar-refractivity contribution in [1.82, 2.24) is 4.31 Å². The van der Waals surface area contributed by atoms with Gasteiger partial charge in [0, 0.05) is 12.7 Å². The van der Waals surface area contributed by atoms with E-state index in [2.05, 4.69) is 5.32 Å². The van der Waals surface area contributed by atoms with Crippen molar-refractivity contribution in [3.8, 4) is 0 Å². The van der Waals surface area contributed by atoms with E-state index in [9.17, 15) is 13.2 Å². The average Bonchev–Trinajstić information content (AvgIpc) is 2.33. The maximum absolute atomic E-state index is 11.8. The van der Waals surface area contributed by atoms with Crippen molar-refractivity contribution in [2.75, 3.05) is 24.7 Å². The second kappa shape index (κ2) is 6.16. The van der Waals surface area contributed by atoms with Gasteiger partial charge in [-0.1, -0.05) is 12.1 Å². The topological polar surface area (TPSA) is 66.5 Å². The minimum atomic E-state index is -3.33. The van der Waals surface area contributed by atoms with Crippen LogP contribution in [-0.2, 0) is 14.8 Å². The van der Waals surface area contributed by atoms with E-state index >= 15 is 0 Å². The van der Waals surface area contributed by atoms with E-state index in [4.69, 9.17) is 0 Å². The number of sulfonamides is 1. The van der Waals surface area contributed by atoms with Crippen LogP contribution < -0.4 is 5.32 Å². The van der Waals surface area contributed by atoms with Crippen LogP contribution in [0.2, 0.25) is 0 Å². The Kier molecular flexibility index (Phi) is 5.08. The van der Waals surface area contributed by atoms with E-state index in [0.29, 0.717) is 5.69 Å².